The standard InChI is InChI=1S/C37H37BrN2O5/c1-36(2,3)45-35(42)40-21-27(33-30(38)19-12-20-32(33)40)34(41)31(22-44-23-43-4)39-37(24-13-6-5-7-14-24)28-17-10-8-15-25(28)26-16-9-11-18-29(26)37/h5-21,31,34,39,41H,22-23H2,1-4H3/t31-,34?/m0/s1. The first-order valence-electron chi connectivity index (χ1n) is 15.0. The molecule has 2 atom stereocenters. The zero-order valence-corrected chi connectivity index (χ0v) is 27.4. The van der Waals surface area contributed by atoms with Gasteiger partial charge in [-0.15, -0.1) is 0 Å². The van der Waals surface area contributed by atoms with Gasteiger partial charge in [0.05, 0.1) is 29.8 Å². The van der Waals surface area contributed by atoms with Crippen LogP contribution in [0.25, 0.3) is 22.0 Å². The zero-order chi connectivity index (χ0) is 31.8. The summed E-state index contributed by atoms with van der Waals surface area (Å²) in [7, 11) is 1.57. The predicted octanol–water partition coefficient (Wildman–Crippen LogP) is 7.77. The van der Waals surface area contributed by atoms with Gasteiger partial charge in [-0.25, -0.2) is 4.79 Å². The van der Waals surface area contributed by atoms with Crippen LogP contribution in [-0.4, -0.2) is 47.9 Å². The number of carbonyl (C=O) groups is 1. The number of nitrogens with zero attached hydrogens (tertiary/aromatic N) is 1. The van der Waals surface area contributed by atoms with Crippen molar-refractivity contribution < 1.29 is 24.1 Å². The number of rotatable bonds is 9. The van der Waals surface area contributed by atoms with Crippen molar-refractivity contribution in [3.63, 3.8) is 0 Å². The normalized spacial score (nSPS) is 15.0. The topological polar surface area (TPSA) is 82.0 Å². The van der Waals surface area contributed by atoms with Crippen LogP contribution in [0.2, 0.25) is 0 Å². The first kappa shape index (κ1) is 31.2. The zero-order valence-electron chi connectivity index (χ0n) is 25.8. The van der Waals surface area contributed by atoms with Crippen LogP contribution in [0.4, 0.5) is 4.79 Å². The fourth-order valence-electron chi connectivity index (χ4n) is 6.40. The molecule has 1 aliphatic rings. The predicted molar refractivity (Wildman–Crippen MR) is 179 cm³/mol. The maximum Gasteiger partial charge on any atom is 0.419 e. The summed E-state index contributed by atoms with van der Waals surface area (Å²) in [4.78, 5) is 13.4. The van der Waals surface area contributed by atoms with E-state index in [0.29, 0.717) is 11.1 Å². The Morgan fingerprint density at radius 1 is 0.911 bits per heavy atom. The van der Waals surface area contributed by atoms with Gasteiger partial charge in [-0.2, -0.15) is 0 Å². The third-order valence-corrected chi connectivity index (χ3v) is 8.82. The lowest BCUT2D eigenvalue weighted by molar-refractivity contribution is -0.0537. The van der Waals surface area contributed by atoms with E-state index in [2.05, 4.69) is 57.6 Å². The Labute approximate surface area is 271 Å². The molecule has 0 radical (unpaired) electrons. The van der Waals surface area contributed by atoms with Crippen molar-refractivity contribution >= 4 is 32.9 Å². The second-order valence-electron chi connectivity index (χ2n) is 12.2. The minimum atomic E-state index is -1.10. The van der Waals surface area contributed by atoms with Crippen molar-refractivity contribution in [3.05, 3.63) is 130 Å². The molecule has 232 valence electrons. The fourth-order valence-corrected chi connectivity index (χ4v) is 6.98. The van der Waals surface area contributed by atoms with Gasteiger partial charge in [0.25, 0.3) is 0 Å². The van der Waals surface area contributed by atoms with Gasteiger partial charge in [-0.05, 0) is 60.7 Å². The van der Waals surface area contributed by atoms with Crippen LogP contribution < -0.4 is 5.32 Å². The molecule has 45 heavy (non-hydrogen) atoms. The van der Waals surface area contributed by atoms with Gasteiger partial charge < -0.3 is 19.3 Å². The number of benzene rings is 4. The summed E-state index contributed by atoms with van der Waals surface area (Å²) < 4.78 is 19.1. The summed E-state index contributed by atoms with van der Waals surface area (Å²) in [5, 5.41) is 17.0. The third-order valence-electron chi connectivity index (χ3n) is 8.16. The highest BCUT2D eigenvalue weighted by Crippen LogP contribution is 2.51. The first-order valence-corrected chi connectivity index (χ1v) is 15.7. The lowest BCUT2D eigenvalue weighted by Gasteiger charge is -2.39. The molecular formula is C37H37BrN2O5. The monoisotopic (exact) mass is 668 g/mol. The molecule has 0 amide bonds. The number of aliphatic hydroxyl groups is 1. The molecule has 0 saturated heterocycles. The molecule has 6 rings (SSSR count). The van der Waals surface area contributed by atoms with E-state index in [1.807, 2.05) is 81.4 Å². The van der Waals surface area contributed by atoms with E-state index in [9.17, 15) is 9.90 Å². The number of nitrogens with one attached hydrogen (secondary N) is 1. The highest BCUT2D eigenvalue weighted by atomic mass is 79.9. The van der Waals surface area contributed by atoms with Crippen molar-refractivity contribution in [2.75, 3.05) is 20.5 Å². The van der Waals surface area contributed by atoms with E-state index in [0.717, 1.165) is 37.7 Å². The van der Waals surface area contributed by atoms with Gasteiger partial charge in [-0.1, -0.05) is 101 Å². The van der Waals surface area contributed by atoms with E-state index in [4.69, 9.17) is 14.2 Å². The summed E-state index contributed by atoms with van der Waals surface area (Å²) in [6.45, 7) is 5.66. The average molecular weight is 670 g/mol. The van der Waals surface area contributed by atoms with Gasteiger partial charge in [-0.3, -0.25) is 9.88 Å². The highest BCUT2D eigenvalue weighted by molar-refractivity contribution is 9.10. The number of aliphatic hydroxyl groups excluding tert-OH is 1. The second-order valence-corrected chi connectivity index (χ2v) is 13.1. The third kappa shape index (κ3) is 5.73. The van der Waals surface area contributed by atoms with E-state index < -0.39 is 29.4 Å². The largest absolute Gasteiger partial charge is 0.443 e. The Bertz CT molecular complexity index is 1780. The molecule has 7 nitrogen and oxygen atoms in total. The van der Waals surface area contributed by atoms with Crippen LogP contribution >= 0.6 is 15.9 Å². The first-order chi connectivity index (χ1) is 21.7. The molecule has 1 heterocycles. The molecule has 0 bridgehead atoms. The van der Waals surface area contributed by atoms with Crippen LogP contribution in [-0.2, 0) is 19.7 Å². The maximum atomic E-state index is 13.4. The molecule has 0 spiro atoms. The quantitative estimate of drug-likeness (QED) is 0.123. The van der Waals surface area contributed by atoms with Gasteiger partial charge in [0, 0.05) is 28.7 Å². The number of aromatic nitrogens is 1. The second kappa shape index (κ2) is 12.5. The minimum Gasteiger partial charge on any atom is -0.443 e. The van der Waals surface area contributed by atoms with Gasteiger partial charge in [0.15, 0.2) is 0 Å². The van der Waals surface area contributed by atoms with Crippen LogP contribution in [0.1, 0.15) is 49.1 Å². The summed E-state index contributed by atoms with van der Waals surface area (Å²) >= 11 is 3.68. The van der Waals surface area contributed by atoms with Gasteiger partial charge >= 0.3 is 6.09 Å². The average Bonchev–Trinajstić information content (AvgIpc) is 3.56. The van der Waals surface area contributed by atoms with Crippen molar-refractivity contribution in [1.29, 1.82) is 0 Å². The molecule has 4 aromatic carbocycles. The molecule has 0 aliphatic heterocycles. The Morgan fingerprint density at radius 2 is 1.53 bits per heavy atom. The Hall–Kier alpha value is -3.79. The molecular weight excluding hydrogens is 632 g/mol. The lowest BCUT2D eigenvalue weighted by atomic mass is 9.79. The summed E-state index contributed by atoms with van der Waals surface area (Å²) in [5.41, 5.74) is 5.13. The Balaban J connectivity index is 1.52. The molecule has 5 aromatic rings. The summed E-state index contributed by atoms with van der Waals surface area (Å²) in [5.74, 6) is 0. The summed E-state index contributed by atoms with van der Waals surface area (Å²) in [6.07, 6.45) is 0.0427. The fraction of sp³-hybridized carbons (Fsp3) is 0.270. The van der Waals surface area contributed by atoms with Crippen LogP contribution in [0.3, 0.4) is 0 Å². The van der Waals surface area contributed by atoms with Crippen molar-refractivity contribution in [2.45, 2.75) is 44.1 Å². The van der Waals surface area contributed by atoms with Gasteiger partial charge in [0.1, 0.15) is 12.4 Å². The molecule has 1 aliphatic carbocycles. The molecule has 8 heteroatoms. The van der Waals surface area contributed by atoms with Crippen molar-refractivity contribution in [1.82, 2.24) is 9.88 Å². The number of hydrogen-bond acceptors (Lipinski definition) is 6. The van der Waals surface area contributed by atoms with E-state index in [1.54, 1.807) is 13.3 Å². The smallest absolute Gasteiger partial charge is 0.419 e. The number of hydrogen-bond donors (Lipinski definition) is 2. The van der Waals surface area contributed by atoms with Crippen LogP contribution in [0, 0.1) is 0 Å². The maximum absolute atomic E-state index is 13.4. The molecule has 2 N–H and O–H groups in total. The SMILES string of the molecule is COCOC[C@H](NC1(c2ccccc2)c2ccccc2-c2ccccc21)C(O)c1cn(C(=O)OC(C)(C)C)c2cccc(Br)c12. The molecule has 0 saturated carbocycles. The van der Waals surface area contributed by atoms with E-state index >= 15 is 0 Å². The number of ether oxygens (including phenoxy) is 3. The molecule has 1 unspecified atom stereocenters. The van der Waals surface area contributed by atoms with E-state index in [-0.39, 0.29) is 13.4 Å². The van der Waals surface area contributed by atoms with Crippen LogP contribution in [0.5, 0.6) is 0 Å². The number of halogens is 1. The number of fused-ring (bicyclic) bond motifs is 4. The van der Waals surface area contributed by atoms with Crippen molar-refractivity contribution in [3.8, 4) is 11.1 Å². The number of carbonyl (C=O) groups excluding carboxylic acids is 1. The van der Waals surface area contributed by atoms with E-state index in [1.165, 1.54) is 4.57 Å². The molecule has 0 fully saturated rings. The Kier molecular flexibility index (Phi) is 8.70. The lowest BCUT2D eigenvalue weighted by Crippen LogP contribution is -2.52. The van der Waals surface area contributed by atoms with Crippen LogP contribution in [0.15, 0.2) is 108 Å². The highest BCUT2D eigenvalue weighted by Gasteiger charge is 2.47. The summed E-state index contributed by atoms with van der Waals surface area (Å²) in [6, 6.07) is 32.0. The minimum absolute atomic E-state index is 0.0553. The van der Waals surface area contributed by atoms with Gasteiger partial charge in [0.2, 0.25) is 0 Å². The number of methoxy groups -OCH3 is 1. The molecule has 1 aromatic heterocycles. The van der Waals surface area contributed by atoms with Crippen molar-refractivity contribution in [2.24, 2.45) is 0 Å². The Morgan fingerprint density at radius 3 is 2.16 bits per heavy atom.